The molecular formula is C18H20ClN3O6S. The van der Waals surface area contributed by atoms with Gasteiger partial charge in [0.05, 0.1) is 40.2 Å². The van der Waals surface area contributed by atoms with Crippen molar-refractivity contribution >= 4 is 44.6 Å². The summed E-state index contributed by atoms with van der Waals surface area (Å²) in [5, 5.41) is 13.8. The Kier molecular flexibility index (Phi) is 6.70. The lowest BCUT2D eigenvalue weighted by Gasteiger charge is -2.28. The summed E-state index contributed by atoms with van der Waals surface area (Å²) in [4.78, 5) is 23.3. The van der Waals surface area contributed by atoms with Crippen LogP contribution in [0.4, 0.5) is 17.1 Å². The van der Waals surface area contributed by atoms with Gasteiger partial charge in [-0.15, -0.1) is 0 Å². The molecular weight excluding hydrogens is 422 g/mol. The molecule has 0 aliphatic rings. The third kappa shape index (κ3) is 4.96. The van der Waals surface area contributed by atoms with Gasteiger partial charge in [0.15, 0.2) is 0 Å². The molecule has 1 amide bonds. The smallest absolute Gasteiger partial charge is 0.274 e. The van der Waals surface area contributed by atoms with E-state index in [0.717, 1.165) is 10.6 Å². The van der Waals surface area contributed by atoms with E-state index in [1.54, 1.807) is 0 Å². The first kappa shape index (κ1) is 22.4. The highest BCUT2D eigenvalue weighted by molar-refractivity contribution is 7.92. The van der Waals surface area contributed by atoms with Crippen molar-refractivity contribution in [2.24, 2.45) is 0 Å². The summed E-state index contributed by atoms with van der Waals surface area (Å²) in [5.74, 6) is -0.306. The lowest BCUT2D eigenvalue weighted by atomic mass is 10.1. The zero-order valence-corrected chi connectivity index (χ0v) is 17.7. The fourth-order valence-corrected chi connectivity index (χ4v) is 4.21. The predicted octanol–water partition coefficient (Wildman–Crippen LogP) is 3.36. The van der Waals surface area contributed by atoms with E-state index in [1.165, 1.54) is 57.4 Å². The molecule has 0 bridgehead atoms. The maximum atomic E-state index is 12.8. The number of carbonyl (C=O) groups is 1. The maximum absolute atomic E-state index is 12.8. The fourth-order valence-electron chi connectivity index (χ4n) is 2.80. The number of nitrogens with one attached hydrogen (secondary N) is 1. The molecule has 0 saturated carbocycles. The molecule has 0 heterocycles. The van der Waals surface area contributed by atoms with Gasteiger partial charge in [0.2, 0.25) is 15.9 Å². The fraction of sp³-hybridized carbons (Fsp3) is 0.278. The van der Waals surface area contributed by atoms with Crippen LogP contribution in [0.3, 0.4) is 0 Å². The summed E-state index contributed by atoms with van der Waals surface area (Å²) >= 11 is 6.09. The molecule has 29 heavy (non-hydrogen) atoms. The van der Waals surface area contributed by atoms with Crippen LogP contribution >= 0.6 is 11.6 Å². The molecule has 1 atom stereocenters. The monoisotopic (exact) mass is 441 g/mol. The number of benzene rings is 2. The quantitative estimate of drug-likeness (QED) is 0.519. The van der Waals surface area contributed by atoms with Crippen molar-refractivity contribution in [1.82, 2.24) is 0 Å². The molecule has 9 nitrogen and oxygen atoms in total. The number of rotatable bonds is 7. The van der Waals surface area contributed by atoms with Crippen LogP contribution < -0.4 is 14.4 Å². The molecule has 0 aromatic heterocycles. The van der Waals surface area contributed by atoms with Crippen LogP contribution in [0.2, 0.25) is 5.02 Å². The van der Waals surface area contributed by atoms with Gasteiger partial charge in [-0.05, 0) is 38.1 Å². The van der Waals surface area contributed by atoms with Crippen LogP contribution in [0.25, 0.3) is 0 Å². The van der Waals surface area contributed by atoms with Gasteiger partial charge < -0.3 is 10.1 Å². The van der Waals surface area contributed by atoms with Gasteiger partial charge in [0, 0.05) is 6.07 Å². The van der Waals surface area contributed by atoms with Crippen molar-refractivity contribution < 1.29 is 22.9 Å². The van der Waals surface area contributed by atoms with Crippen molar-refractivity contribution in [1.29, 1.82) is 0 Å². The first-order chi connectivity index (χ1) is 13.5. The van der Waals surface area contributed by atoms with Gasteiger partial charge in [-0.1, -0.05) is 17.7 Å². The van der Waals surface area contributed by atoms with Gasteiger partial charge in [0.1, 0.15) is 11.8 Å². The van der Waals surface area contributed by atoms with Crippen LogP contribution in [0, 0.1) is 17.0 Å². The molecule has 0 aliphatic carbocycles. The zero-order chi connectivity index (χ0) is 21.9. The number of nitrogens with zero attached hydrogens (tertiary/aromatic N) is 2. The molecule has 0 fully saturated rings. The van der Waals surface area contributed by atoms with Crippen molar-refractivity contribution in [3.8, 4) is 5.75 Å². The van der Waals surface area contributed by atoms with E-state index < -0.39 is 26.9 Å². The van der Waals surface area contributed by atoms with Crippen molar-refractivity contribution in [2.45, 2.75) is 19.9 Å². The number of amides is 1. The summed E-state index contributed by atoms with van der Waals surface area (Å²) in [6.45, 7) is 2.90. The number of halogens is 1. The van der Waals surface area contributed by atoms with Crippen LogP contribution in [-0.4, -0.2) is 38.7 Å². The molecule has 0 radical (unpaired) electrons. The van der Waals surface area contributed by atoms with Crippen molar-refractivity contribution in [3.05, 3.63) is 57.1 Å². The number of hydrogen-bond donors (Lipinski definition) is 1. The highest BCUT2D eigenvalue weighted by Crippen LogP contribution is 2.32. The van der Waals surface area contributed by atoms with E-state index >= 15 is 0 Å². The second-order valence-corrected chi connectivity index (χ2v) is 8.52. The highest BCUT2D eigenvalue weighted by atomic mass is 35.5. The van der Waals surface area contributed by atoms with E-state index in [1.807, 2.05) is 0 Å². The lowest BCUT2D eigenvalue weighted by molar-refractivity contribution is -0.385. The minimum absolute atomic E-state index is 0.155. The van der Waals surface area contributed by atoms with Crippen LogP contribution in [0.1, 0.15) is 12.5 Å². The topological polar surface area (TPSA) is 119 Å². The average molecular weight is 442 g/mol. The molecule has 1 N–H and O–H groups in total. The molecule has 2 aromatic carbocycles. The minimum Gasteiger partial charge on any atom is -0.495 e. The summed E-state index contributed by atoms with van der Waals surface area (Å²) in [7, 11) is -2.43. The van der Waals surface area contributed by atoms with E-state index in [4.69, 9.17) is 16.3 Å². The summed E-state index contributed by atoms with van der Waals surface area (Å²) in [6, 6.07) is 7.43. The number of hydrogen-bond acceptors (Lipinski definition) is 6. The number of anilines is 2. The highest BCUT2D eigenvalue weighted by Gasteiger charge is 2.30. The van der Waals surface area contributed by atoms with E-state index in [0.29, 0.717) is 5.75 Å². The molecule has 0 aliphatic heterocycles. The first-order valence-corrected chi connectivity index (χ1v) is 10.6. The number of sulfonamides is 1. The summed E-state index contributed by atoms with van der Waals surface area (Å²) in [6.07, 6.45) is 0.966. The summed E-state index contributed by atoms with van der Waals surface area (Å²) < 4.78 is 30.8. The SMILES string of the molecule is COc1ccc(N([C@@H](C)C(=O)Nc2cccc([N+](=O)[O-])c2C)S(C)(=O)=O)cc1Cl. The number of carbonyl (C=O) groups excluding carboxylic acids is 1. The molecule has 11 heteroatoms. The minimum atomic E-state index is -3.86. The first-order valence-electron chi connectivity index (χ1n) is 8.35. The number of ether oxygens (including phenoxy) is 1. The van der Waals surface area contributed by atoms with Gasteiger partial charge >= 0.3 is 0 Å². The third-order valence-corrected chi connectivity index (χ3v) is 5.78. The van der Waals surface area contributed by atoms with E-state index in [-0.39, 0.29) is 27.6 Å². The van der Waals surface area contributed by atoms with Gasteiger partial charge in [0.25, 0.3) is 5.69 Å². The second-order valence-electron chi connectivity index (χ2n) is 6.25. The Labute approximate surface area is 173 Å². The Morgan fingerprint density at radius 1 is 1.31 bits per heavy atom. The molecule has 0 spiro atoms. The van der Waals surface area contributed by atoms with Crippen molar-refractivity contribution in [3.63, 3.8) is 0 Å². The lowest BCUT2D eigenvalue weighted by Crippen LogP contribution is -2.45. The van der Waals surface area contributed by atoms with E-state index in [9.17, 15) is 23.3 Å². The number of nitro benzene ring substituents is 1. The Morgan fingerprint density at radius 3 is 2.48 bits per heavy atom. The van der Waals surface area contributed by atoms with Crippen molar-refractivity contribution in [2.75, 3.05) is 23.0 Å². The number of methoxy groups -OCH3 is 1. The van der Waals surface area contributed by atoms with Gasteiger partial charge in [-0.3, -0.25) is 19.2 Å². The third-order valence-electron chi connectivity index (χ3n) is 4.24. The summed E-state index contributed by atoms with van der Waals surface area (Å²) in [5.41, 5.74) is 0.503. The van der Waals surface area contributed by atoms with E-state index in [2.05, 4.69) is 5.32 Å². The zero-order valence-electron chi connectivity index (χ0n) is 16.2. The largest absolute Gasteiger partial charge is 0.495 e. The molecule has 0 unspecified atom stereocenters. The Bertz CT molecular complexity index is 1060. The molecule has 2 aromatic rings. The Balaban J connectivity index is 2.39. The normalized spacial score (nSPS) is 12.2. The van der Waals surface area contributed by atoms with Crippen LogP contribution in [0.5, 0.6) is 5.75 Å². The Hall–Kier alpha value is -2.85. The average Bonchev–Trinajstić information content (AvgIpc) is 2.62. The molecule has 156 valence electrons. The van der Waals surface area contributed by atoms with Crippen LogP contribution in [-0.2, 0) is 14.8 Å². The second kappa shape index (κ2) is 8.66. The number of nitro groups is 1. The standard InChI is InChI=1S/C18H20ClN3O6S/c1-11-15(6-5-7-16(11)22(24)25)20-18(23)12(2)21(29(4,26)27)13-8-9-17(28-3)14(19)10-13/h5-10,12H,1-4H3,(H,20,23)/t12-/m0/s1. The predicted molar refractivity (Wildman–Crippen MR) is 111 cm³/mol. The Morgan fingerprint density at radius 2 is 1.97 bits per heavy atom. The van der Waals surface area contributed by atoms with Gasteiger partial charge in [-0.25, -0.2) is 8.42 Å². The molecule has 2 rings (SSSR count). The molecule has 0 saturated heterocycles. The maximum Gasteiger partial charge on any atom is 0.274 e. The van der Waals surface area contributed by atoms with Crippen LogP contribution in [0.15, 0.2) is 36.4 Å². The van der Waals surface area contributed by atoms with Gasteiger partial charge in [-0.2, -0.15) is 0 Å².